The summed E-state index contributed by atoms with van der Waals surface area (Å²) < 4.78 is 1.44. The Kier molecular flexibility index (Phi) is 0.950. The van der Waals surface area contributed by atoms with Crippen molar-refractivity contribution in [3.63, 3.8) is 0 Å². The average molecular weight is 194 g/mol. The number of fused-ring (bicyclic) bond motifs is 2. The molecule has 2 aliphatic carbocycles. The van der Waals surface area contributed by atoms with E-state index in [2.05, 4.69) is 24.4 Å². The number of hydrogen-bond acceptors (Lipinski definition) is 0. The minimum atomic E-state index is 1.28. The van der Waals surface area contributed by atoms with Crippen molar-refractivity contribution in [1.82, 2.24) is 0 Å². The molecule has 2 aliphatic rings. The van der Waals surface area contributed by atoms with Gasteiger partial charge in [0.05, 0.1) is 0 Å². The molecule has 0 aromatic carbocycles. The molecule has 2 bridgehead atoms. The fourth-order valence-electron chi connectivity index (χ4n) is 1.35. The zero-order valence-electron chi connectivity index (χ0n) is 4.53. The number of allylic oxidation sites excluding steroid dienone is 4. The molecule has 0 spiro atoms. The Morgan fingerprint density at radius 2 is 2.25 bits per heavy atom. The maximum absolute atomic E-state index is 2.97. The normalized spacial score (nSPS) is 25.0. The fourth-order valence-corrected chi connectivity index (χ4v) is 2.04. The van der Waals surface area contributed by atoms with Crippen LogP contribution in [0.4, 0.5) is 0 Å². The van der Waals surface area contributed by atoms with E-state index in [0.29, 0.717) is 0 Å². The van der Waals surface area contributed by atoms with Gasteiger partial charge in [-0.05, 0) is 0 Å². The summed E-state index contributed by atoms with van der Waals surface area (Å²) in [5.41, 5.74) is 3.28. The molecule has 0 nitrogen and oxygen atoms in total. The summed E-state index contributed by atoms with van der Waals surface area (Å²) in [5, 5.41) is 0. The molecule has 0 amide bonds. The quantitative estimate of drug-likeness (QED) is 0.516. The van der Waals surface area contributed by atoms with Crippen LogP contribution >= 0.6 is 0 Å². The van der Waals surface area contributed by atoms with Gasteiger partial charge in [0.1, 0.15) is 0 Å². The van der Waals surface area contributed by atoms with E-state index < -0.39 is 0 Å². The van der Waals surface area contributed by atoms with Crippen LogP contribution in [0.15, 0.2) is 21.4 Å². The van der Waals surface area contributed by atoms with Crippen molar-refractivity contribution in [3.05, 3.63) is 21.4 Å². The van der Waals surface area contributed by atoms with E-state index in [4.69, 9.17) is 0 Å². The Hall–Kier alpha value is 0.103. The zero-order chi connectivity index (χ0) is 5.56. The summed E-state index contributed by atoms with van der Waals surface area (Å²) in [6.45, 7) is 0. The third-order valence-electron chi connectivity index (χ3n) is 1.83. The van der Waals surface area contributed by atoms with E-state index in [0.717, 1.165) is 0 Å². The van der Waals surface area contributed by atoms with Gasteiger partial charge in [-0.3, -0.25) is 0 Å². The molecule has 0 aromatic rings. The van der Waals surface area contributed by atoms with Gasteiger partial charge in [-0.25, -0.2) is 0 Å². The Bertz CT molecular complexity index is 187. The molecule has 0 saturated heterocycles. The van der Waals surface area contributed by atoms with Gasteiger partial charge in [0.15, 0.2) is 0 Å². The summed E-state index contributed by atoms with van der Waals surface area (Å²) in [6, 6.07) is 0. The van der Waals surface area contributed by atoms with Crippen molar-refractivity contribution in [2.24, 2.45) is 0 Å². The van der Waals surface area contributed by atoms with Crippen LogP contribution in [0.3, 0.4) is 0 Å². The van der Waals surface area contributed by atoms with Crippen molar-refractivity contribution >= 4 is 0 Å². The third-order valence-corrected chi connectivity index (χ3v) is 2.65. The molecule has 2 rings (SSSR count). The first-order valence-corrected chi connectivity index (χ1v) is 3.73. The second-order valence-electron chi connectivity index (χ2n) is 2.41. The van der Waals surface area contributed by atoms with Gasteiger partial charge in [0.2, 0.25) is 0 Å². The van der Waals surface area contributed by atoms with Crippen molar-refractivity contribution in [1.29, 1.82) is 0 Å². The molecule has 0 heterocycles. The van der Waals surface area contributed by atoms with Crippen molar-refractivity contribution in [3.8, 4) is 0 Å². The molecule has 1 heteroatoms. The van der Waals surface area contributed by atoms with E-state index in [1.54, 1.807) is 11.1 Å². The van der Waals surface area contributed by atoms with Crippen molar-refractivity contribution in [2.45, 2.75) is 19.3 Å². The predicted octanol–water partition coefficient (Wildman–Crippen LogP) is 1.91. The van der Waals surface area contributed by atoms with E-state index in [1.165, 1.54) is 23.4 Å². The number of hydrogen-bond donors (Lipinski definition) is 0. The van der Waals surface area contributed by atoms with Crippen LogP contribution in [0.2, 0.25) is 0 Å². The molecule has 0 aromatic heterocycles. The molecule has 0 N–H and O–H groups in total. The van der Waals surface area contributed by atoms with Crippen molar-refractivity contribution in [2.75, 3.05) is 0 Å². The van der Waals surface area contributed by atoms with Gasteiger partial charge in [-0.2, -0.15) is 0 Å². The molecule has 1 saturated carbocycles. The summed E-state index contributed by atoms with van der Waals surface area (Å²) in [5.74, 6) is 0. The Labute approximate surface area is 59.3 Å². The van der Waals surface area contributed by atoms with Crippen LogP contribution in [0.25, 0.3) is 0 Å². The van der Waals surface area contributed by atoms with Crippen LogP contribution in [0.5, 0.6) is 0 Å². The number of rotatable bonds is 0. The molecule has 0 unspecified atom stereocenters. The Morgan fingerprint density at radius 3 is 2.50 bits per heavy atom. The first-order chi connectivity index (χ1) is 3.86. The molecule has 8 heavy (non-hydrogen) atoms. The van der Waals surface area contributed by atoms with Crippen LogP contribution in [0.1, 0.15) is 19.3 Å². The first-order valence-electron chi connectivity index (χ1n) is 2.91. The molecule has 0 atom stereocenters. The molecular formula is C7H7Rh. The minimum absolute atomic E-state index is 1.28. The molecule has 44 valence electrons. The van der Waals surface area contributed by atoms with Crippen LogP contribution < -0.4 is 0 Å². The van der Waals surface area contributed by atoms with E-state index >= 15 is 0 Å². The van der Waals surface area contributed by atoms with Crippen LogP contribution in [-0.2, 0) is 18.3 Å². The molecule has 0 radical (unpaired) electrons. The molecular weight excluding hydrogens is 187 g/mol. The fraction of sp³-hybridized carbons (Fsp3) is 0.429. The van der Waals surface area contributed by atoms with Gasteiger partial charge < -0.3 is 0 Å². The second kappa shape index (κ2) is 1.54. The summed E-state index contributed by atoms with van der Waals surface area (Å²) in [4.78, 5) is 0. The van der Waals surface area contributed by atoms with E-state index in [1.807, 2.05) is 0 Å². The third kappa shape index (κ3) is 0.543. The first kappa shape index (κ1) is 4.93. The molecule has 0 aliphatic heterocycles. The second-order valence-corrected chi connectivity index (χ2v) is 3.29. The molecule has 1 fully saturated rings. The maximum atomic E-state index is 2.97. The van der Waals surface area contributed by atoms with Gasteiger partial charge in [0, 0.05) is 0 Å². The Morgan fingerprint density at radius 1 is 1.38 bits per heavy atom. The van der Waals surface area contributed by atoms with Gasteiger partial charge in [-0.15, -0.1) is 0 Å². The van der Waals surface area contributed by atoms with Gasteiger partial charge in [0.25, 0.3) is 0 Å². The summed E-state index contributed by atoms with van der Waals surface area (Å²) >= 11 is 2.97. The summed E-state index contributed by atoms with van der Waals surface area (Å²) in [7, 11) is 0. The van der Waals surface area contributed by atoms with E-state index in [-0.39, 0.29) is 0 Å². The average Bonchev–Trinajstić information content (AvgIpc) is 2.23. The summed E-state index contributed by atoms with van der Waals surface area (Å²) in [6.07, 6.45) is 6.25. The predicted molar refractivity (Wildman–Crippen MR) is 29.0 cm³/mol. The zero-order valence-corrected chi connectivity index (χ0v) is 6.17. The van der Waals surface area contributed by atoms with Crippen molar-refractivity contribution < 1.29 is 18.3 Å². The monoisotopic (exact) mass is 194 g/mol. The SMILES string of the molecule is [Rh][C]1=C2CCC(=C1)C2. The van der Waals surface area contributed by atoms with Gasteiger partial charge >= 0.3 is 59.0 Å². The Balaban J connectivity index is 2.47. The van der Waals surface area contributed by atoms with Crippen LogP contribution in [-0.4, -0.2) is 0 Å². The topological polar surface area (TPSA) is 0 Å². The van der Waals surface area contributed by atoms with E-state index in [9.17, 15) is 0 Å². The van der Waals surface area contributed by atoms with Crippen LogP contribution in [0, 0.1) is 0 Å². The standard InChI is InChI=1S/C7H7.Rh/c1-2-7-4-3-6(1)5-7;/h1H,3-5H2;. The van der Waals surface area contributed by atoms with Gasteiger partial charge in [-0.1, -0.05) is 0 Å².